The predicted octanol–water partition coefficient (Wildman–Crippen LogP) is 2.96. The van der Waals surface area contributed by atoms with Gasteiger partial charge in [0.15, 0.2) is 0 Å². The zero-order valence-electron chi connectivity index (χ0n) is 9.54. The van der Waals surface area contributed by atoms with Gasteiger partial charge in [0.25, 0.3) is 0 Å². The van der Waals surface area contributed by atoms with Crippen LogP contribution in [0.1, 0.15) is 34.1 Å². The highest BCUT2D eigenvalue weighted by Crippen LogP contribution is 2.30. The topological polar surface area (TPSA) is 29.3 Å². The molecule has 0 aromatic heterocycles. The fraction of sp³-hybridized carbons (Fsp3) is 0.500. The summed E-state index contributed by atoms with van der Waals surface area (Å²) in [5.74, 6) is 5.80. The van der Waals surface area contributed by atoms with E-state index in [0.717, 1.165) is 12.1 Å². The van der Waals surface area contributed by atoms with Gasteiger partial charge in [-0.15, -0.1) is 0 Å². The van der Waals surface area contributed by atoms with E-state index in [0.29, 0.717) is 0 Å². The molecule has 0 aromatic rings. The van der Waals surface area contributed by atoms with Crippen LogP contribution in [0.25, 0.3) is 0 Å². The van der Waals surface area contributed by atoms with E-state index in [2.05, 4.69) is 45.9 Å². The fourth-order valence-electron chi connectivity index (χ4n) is 1.37. The third-order valence-corrected chi connectivity index (χ3v) is 2.30. The van der Waals surface area contributed by atoms with Crippen LogP contribution in [0.15, 0.2) is 35.7 Å². The van der Waals surface area contributed by atoms with Crippen molar-refractivity contribution in [1.29, 1.82) is 0 Å². The molecule has 0 aliphatic carbocycles. The van der Waals surface area contributed by atoms with Crippen molar-refractivity contribution < 1.29 is 0 Å². The molecule has 0 fully saturated rings. The van der Waals surface area contributed by atoms with Gasteiger partial charge < -0.3 is 0 Å². The van der Waals surface area contributed by atoms with Crippen molar-refractivity contribution in [3.05, 3.63) is 35.7 Å². The Hall–Kier alpha value is -1.02. The average molecular weight is 192 g/mol. The van der Waals surface area contributed by atoms with Gasteiger partial charge in [-0.3, -0.25) is 5.01 Å². The minimum absolute atomic E-state index is 0.185. The molecule has 0 bridgehead atoms. The number of hydrazine groups is 1. The zero-order chi connectivity index (χ0) is 10.8. The average Bonchev–Trinajstić information content (AvgIpc) is 2.07. The molecule has 0 spiro atoms. The quantitative estimate of drug-likeness (QED) is 0.647. The molecule has 2 N–H and O–H groups in total. The van der Waals surface area contributed by atoms with Crippen molar-refractivity contribution in [2.24, 2.45) is 11.3 Å². The maximum absolute atomic E-state index is 5.80. The second-order valence-corrected chi connectivity index (χ2v) is 4.61. The van der Waals surface area contributed by atoms with Gasteiger partial charge in [0, 0.05) is 6.20 Å². The molecule has 0 aromatic carbocycles. The third kappa shape index (κ3) is 2.48. The van der Waals surface area contributed by atoms with E-state index in [1.54, 1.807) is 5.01 Å². The Kier molecular flexibility index (Phi) is 3.17. The molecule has 14 heavy (non-hydrogen) atoms. The van der Waals surface area contributed by atoms with Crippen molar-refractivity contribution in [2.45, 2.75) is 34.1 Å². The highest BCUT2D eigenvalue weighted by molar-refractivity contribution is 5.37. The molecule has 0 unspecified atom stereocenters. The summed E-state index contributed by atoms with van der Waals surface area (Å²) < 4.78 is 0. The highest BCUT2D eigenvalue weighted by atomic mass is 15.4. The molecule has 1 rings (SSSR count). The summed E-state index contributed by atoms with van der Waals surface area (Å²) in [7, 11) is 0. The number of hydrogen-bond acceptors (Lipinski definition) is 2. The van der Waals surface area contributed by atoms with Gasteiger partial charge in [0.05, 0.1) is 5.70 Å². The maximum Gasteiger partial charge on any atom is 0.0531 e. The first-order valence-electron chi connectivity index (χ1n) is 5.09. The lowest BCUT2D eigenvalue weighted by molar-refractivity contribution is 0.471. The molecule has 0 saturated carbocycles. The Morgan fingerprint density at radius 2 is 2.07 bits per heavy atom. The van der Waals surface area contributed by atoms with E-state index in [-0.39, 0.29) is 5.41 Å². The van der Waals surface area contributed by atoms with Crippen LogP contribution in [-0.2, 0) is 0 Å². The lowest BCUT2D eigenvalue weighted by Crippen LogP contribution is -2.26. The molecule has 78 valence electrons. The van der Waals surface area contributed by atoms with Crippen LogP contribution < -0.4 is 5.84 Å². The first-order valence-corrected chi connectivity index (χ1v) is 5.09. The summed E-state index contributed by atoms with van der Waals surface area (Å²) in [6.07, 6.45) is 9.29. The number of rotatable bonds is 1. The smallest absolute Gasteiger partial charge is 0.0531 e. The van der Waals surface area contributed by atoms with E-state index in [9.17, 15) is 0 Å². The van der Waals surface area contributed by atoms with Gasteiger partial charge in [-0.2, -0.15) is 0 Å². The maximum atomic E-state index is 5.80. The molecule has 0 atom stereocenters. The van der Waals surface area contributed by atoms with Crippen molar-refractivity contribution in [1.82, 2.24) is 5.01 Å². The number of nitrogens with zero attached hydrogens (tertiary/aromatic N) is 1. The van der Waals surface area contributed by atoms with Crippen LogP contribution in [-0.4, -0.2) is 5.01 Å². The fourth-order valence-corrected chi connectivity index (χ4v) is 1.37. The molecular formula is C12H20N2. The Balaban J connectivity index is 2.97. The van der Waals surface area contributed by atoms with Crippen LogP contribution in [0.3, 0.4) is 0 Å². The largest absolute Gasteiger partial charge is 0.287 e. The van der Waals surface area contributed by atoms with Crippen LogP contribution in [0, 0.1) is 5.41 Å². The molecule has 0 radical (unpaired) electrons. The van der Waals surface area contributed by atoms with Crippen molar-refractivity contribution in [2.75, 3.05) is 0 Å². The summed E-state index contributed by atoms with van der Waals surface area (Å²) in [4.78, 5) is 0. The van der Waals surface area contributed by atoms with E-state index < -0.39 is 0 Å². The van der Waals surface area contributed by atoms with E-state index in [4.69, 9.17) is 5.84 Å². The molecular weight excluding hydrogens is 172 g/mol. The van der Waals surface area contributed by atoms with Crippen LogP contribution in [0.5, 0.6) is 0 Å². The minimum atomic E-state index is 0.185. The zero-order valence-corrected chi connectivity index (χ0v) is 9.54. The SMILES string of the molecule is CC/C=C1/C=C(C(C)(C)C)C=CN1N. The summed E-state index contributed by atoms with van der Waals surface area (Å²) in [5, 5.41) is 1.67. The standard InChI is InChI=1S/C12H20N2/c1-5-6-11-9-10(12(2,3)4)7-8-14(11)13/h6-9H,5,13H2,1-4H3/b11-6-. The van der Waals surface area contributed by atoms with E-state index in [1.807, 2.05) is 6.20 Å². The molecule has 1 aliphatic rings. The Labute approximate surface area is 86.7 Å². The summed E-state index contributed by atoms with van der Waals surface area (Å²) >= 11 is 0. The lowest BCUT2D eigenvalue weighted by Gasteiger charge is -2.27. The van der Waals surface area contributed by atoms with E-state index >= 15 is 0 Å². The molecule has 1 aliphatic heterocycles. The first-order chi connectivity index (χ1) is 6.45. The van der Waals surface area contributed by atoms with Crippen LogP contribution >= 0.6 is 0 Å². The van der Waals surface area contributed by atoms with Gasteiger partial charge in [0.1, 0.15) is 0 Å². The Bertz CT molecular complexity index is 290. The van der Waals surface area contributed by atoms with Crippen LogP contribution in [0.2, 0.25) is 0 Å². The van der Waals surface area contributed by atoms with Gasteiger partial charge in [-0.05, 0) is 29.6 Å². The normalized spacial score (nSPS) is 20.2. The minimum Gasteiger partial charge on any atom is -0.287 e. The number of allylic oxidation sites excluding steroid dienone is 4. The third-order valence-electron chi connectivity index (χ3n) is 2.30. The lowest BCUT2D eigenvalue weighted by atomic mass is 9.85. The molecule has 0 saturated heterocycles. The van der Waals surface area contributed by atoms with Crippen molar-refractivity contribution in [3.8, 4) is 0 Å². The van der Waals surface area contributed by atoms with Gasteiger partial charge in [-0.25, -0.2) is 5.84 Å². The second kappa shape index (κ2) is 4.01. The highest BCUT2D eigenvalue weighted by Gasteiger charge is 2.18. The number of nitrogens with two attached hydrogens (primary N) is 1. The van der Waals surface area contributed by atoms with Crippen molar-refractivity contribution >= 4 is 0 Å². The Morgan fingerprint density at radius 1 is 1.43 bits per heavy atom. The number of hydrogen-bond donors (Lipinski definition) is 1. The molecule has 1 heterocycles. The van der Waals surface area contributed by atoms with Crippen LogP contribution in [0.4, 0.5) is 0 Å². The predicted molar refractivity (Wildman–Crippen MR) is 61.1 cm³/mol. The summed E-state index contributed by atoms with van der Waals surface area (Å²) in [6, 6.07) is 0. The van der Waals surface area contributed by atoms with Gasteiger partial charge >= 0.3 is 0 Å². The monoisotopic (exact) mass is 192 g/mol. The van der Waals surface area contributed by atoms with Gasteiger partial charge in [-0.1, -0.05) is 33.8 Å². The molecule has 0 amide bonds. The first kappa shape index (κ1) is 11.1. The van der Waals surface area contributed by atoms with Gasteiger partial charge in [0.2, 0.25) is 0 Å². The summed E-state index contributed by atoms with van der Waals surface area (Å²) in [6.45, 7) is 8.74. The summed E-state index contributed by atoms with van der Waals surface area (Å²) in [5.41, 5.74) is 2.59. The molecule has 2 heteroatoms. The van der Waals surface area contributed by atoms with Crippen molar-refractivity contribution in [3.63, 3.8) is 0 Å². The Morgan fingerprint density at radius 3 is 2.57 bits per heavy atom. The van der Waals surface area contributed by atoms with E-state index in [1.165, 1.54) is 5.57 Å². The second-order valence-electron chi connectivity index (χ2n) is 4.61. The molecule has 2 nitrogen and oxygen atoms in total.